The van der Waals surface area contributed by atoms with Crippen molar-refractivity contribution < 1.29 is 9.59 Å². The molecule has 2 atom stereocenters. The lowest BCUT2D eigenvalue weighted by atomic mass is 9.85. The number of likely N-dealkylation sites (N-methyl/N-ethyl adjacent to an activating group) is 1. The molecule has 1 aromatic rings. The van der Waals surface area contributed by atoms with Crippen molar-refractivity contribution in [3.05, 3.63) is 35.9 Å². The van der Waals surface area contributed by atoms with Gasteiger partial charge in [0, 0.05) is 27.2 Å². The summed E-state index contributed by atoms with van der Waals surface area (Å²) < 4.78 is 0. The fourth-order valence-corrected chi connectivity index (χ4v) is 3.58. The molecule has 2 heterocycles. The summed E-state index contributed by atoms with van der Waals surface area (Å²) >= 11 is 0. The van der Waals surface area contributed by atoms with E-state index in [4.69, 9.17) is 0 Å². The molecule has 5 heteroatoms. The second kappa shape index (κ2) is 6.71. The van der Waals surface area contributed by atoms with Crippen molar-refractivity contribution in [1.82, 2.24) is 14.7 Å². The van der Waals surface area contributed by atoms with Gasteiger partial charge in [-0.2, -0.15) is 0 Å². The Bertz CT molecular complexity index is 573. The van der Waals surface area contributed by atoms with Gasteiger partial charge in [-0.25, -0.2) is 0 Å². The van der Waals surface area contributed by atoms with E-state index in [1.807, 2.05) is 18.2 Å². The molecule has 0 aliphatic carbocycles. The van der Waals surface area contributed by atoms with Gasteiger partial charge in [0.25, 0.3) is 0 Å². The molecule has 124 valence electrons. The maximum atomic E-state index is 12.8. The van der Waals surface area contributed by atoms with Crippen LogP contribution in [0, 0.1) is 5.92 Å². The van der Waals surface area contributed by atoms with Gasteiger partial charge in [-0.15, -0.1) is 0 Å². The fourth-order valence-electron chi connectivity index (χ4n) is 3.58. The summed E-state index contributed by atoms with van der Waals surface area (Å²) in [4.78, 5) is 30.4. The molecule has 2 aliphatic rings. The minimum Gasteiger partial charge on any atom is -0.347 e. The molecule has 0 spiro atoms. The zero-order chi connectivity index (χ0) is 16.4. The molecular formula is C18H25N3O2. The molecule has 0 radical (unpaired) electrons. The van der Waals surface area contributed by atoms with Gasteiger partial charge < -0.3 is 9.80 Å². The molecule has 2 fully saturated rings. The van der Waals surface area contributed by atoms with Crippen molar-refractivity contribution in [2.75, 3.05) is 33.7 Å². The Balaban J connectivity index is 1.70. The highest BCUT2D eigenvalue weighted by atomic mass is 16.2. The Morgan fingerprint density at radius 2 is 2.00 bits per heavy atom. The van der Waals surface area contributed by atoms with Crippen molar-refractivity contribution in [3.63, 3.8) is 0 Å². The summed E-state index contributed by atoms with van der Waals surface area (Å²) in [6.07, 6.45) is 2.03. The standard InChI is InChI=1S/C18H25N3O2/c1-19(2)17(22)13-21-12-15-8-9-20(16(10-15)18(21)23)11-14-6-4-3-5-7-14/h3-7,15-16H,8-13H2,1-2H3/t15-,16+/m0/s1. The van der Waals surface area contributed by atoms with Gasteiger partial charge >= 0.3 is 0 Å². The number of rotatable bonds is 4. The number of nitrogens with zero attached hydrogens (tertiary/aromatic N) is 3. The van der Waals surface area contributed by atoms with Crippen LogP contribution in [-0.4, -0.2) is 66.3 Å². The van der Waals surface area contributed by atoms with Gasteiger partial charge in [-0.1, -0.05) is 30.3 Å². The lowest BCUT2D eigenvalue weighted by Crippen LogP contribution is -2.59. The minimum atomic E-state index is -0.0716. The first kappa shape index (κ1) is 16.0. The van der Waals surface area contributed by atoms with Gasteiger partial charge in [-0.3, -0.25) is 14.5 Å². The van der Waals surface area contributed by atoms with E-state index in [1.54, 1.807) is 23.9 Å². The first-order valence-corrected chi connectivity index (χ1v) is 8.31. The normalized spacial score (nSPS) is 24.6. The average molecular weight is 315 g/mol. The van der Waals surface area contributed by atoms with E-state index in [0.29, 0.717) is 5.92 Å². The molecule has 1 aromatic carbocycles. The van der Waals surface area contributed by atoms with Crippen LogP contribution in [0.5, 0.6) is 0 Å². The van der Waals surface area contributed by atoms with Gasteiger partial charge in [0.1, 0.15) is 0 Å². The van der Waals surface area contributed by atoms with Crippen LogP contribution in [0.15, 0.2) is 30.3 Å². The quantitative estimate of drug-likeness (QED) is 0.838. The number of hydrogen-bond acceptors (Lipinski definition) is 3. The van der Waals surface area contributed by atoms with E-state index in [1.165, 1.54) is 5.56 Å². The first-order valence-electron chi connectivity index (χ1n) is 8.31. The van der Waals surface area contributed by atoms with E-state index in [-0.39, 0.29) is 24.4 Å². The molecule has 0 unspecified atom stereocenters. The zero-order valence-electron chi connectivity index (χ0n) is 13.9. The first-order chi connectivity index (χ1) is 11.0. The van der Waals surface area contributed by atoms with Crippen molar-refractivity contribution in [1.29, 1.82) is 0 Å². The third kappa shape index (κ3) is 3.55. The van der Waals surface area contributed by atoms with Crippen LogP contribution in [0.1, 0.15) is 18.4 Å². The molecule has 5 nitrogen and oxygen atoms in total. The maximum absolute atomic E-state index is 12.8. The molecule has 0 aromatic heterocycles. The number of carbonyl (C=O) groups excluding carboxylic acids is 2. The van der Waals surface area contributed by atoms with Crippen molar-refractivity contribution in [3.8, 4) is 0 Å². The summed E-state index contributed by atoms with van der Waals surface area (Å²) in [6, 6.07) is 10.2. The zero-order valence-corrected chi connectivity index (χ0v) is 13.9. The number of carbonyl (C=O) groups is 2. The van der Waals surface area contributed by atoms with Gasteiger partial charge in [0.15, 0.2) is 0 Å². The number of hydrogen-bond donors (Lipinski definition) is 0. The molecule has 23 heavy (non-hydrogen) atoms. The molecule has 2 aliphatic heterocycles. The molecule has 0 N–H and O–H groups in total. The molecule has 0 saturated carbocycles. The molecule has 2 saturated heterocycles. The van der Waals surface area contributed by atoms with Crippen LogP contribution < -0.4 is 0 Å². The van der Waals surface area contributed by atoms with E-state index in [0.717, 1.165) is 32.5 Å². The summed E-state index contributed by atoms with van der Waals surface area (Å²) in [7, 11) is 3.47. The minimum absolute atomic E-state index is 0.00654. The highest BCUT2D eigenvalue weighted by molar-refractivity contribution is 5.88. The van der Waals surface area contributed by atoms with Crippen molar-refractivity contribution >= 4 is 11.8 Å². The van der Waals surface area contributed by atoms with Crippen molar-refractivity contribution in [2.24, 2.45) is 5.92 Å². The van der Waals surface area contributed by atoms with Gasteiger partial charge in [0.05, 0.1) is 12.6 Å². The number of fused-ring (bicyclic) bond motifs is 2. The molecule has 3 rings (SSSR count). The highest BCUT2D eigenvalue weighted by Gasteiger charge is 2.41. The summed E-state index contributed by atoms with van der Waals surface area (Å²) in [6.45, 7) is 2.71. The molecule has 2 amide bonds. The second-order valence-corrected chi connectivity index (χ2v) is 6.87. The Kier molecular flexibility index (Phi) is 4.66. The SMILES string of the molecule is CN(C)C(=O)CN1C[C@H]2CCN(Cc3ccccc3)[C@H](C2)C1=O. The average Bonchev–Trinajstić information content (AvgIpc) is 2.55. The fraction of sp³-hybridized carbons (Fsp3) is 0.556. The van der Waals surface area contributed by atoms with E-state index in [9.17, 15) is 9.59 Å². The lowest BCUT2D eigenvalue weighted by Gasteiger charge is -2.46. The monoisotopic (exact) mass is 315 g/mol. The van der Waals surface area contributed by atoms with E-state index < -0.39 is 0 Å². The number of benzene rings is 1. The molecule has 2 bridgehead atoms. The van der Waals surface area contributed by atoms with Gasteiger partial charge in [-0.05, 0) is 30.9 Å². The number of piperidine rings is 2. The topological polar surface area (TPSA) is 43.9 Å². The molecular weight excluding hydrogens is 290 g/mol. The number of likely N-dealkylation sites (tertiary alicyclic amines) is 2. The Morgan fingerprint density at radius 1 is 1.26 bits per heavy atom. The maximum Gasteiger partial charge on any atom is 0.241 e. The van der Waals surface area contributed by atoms with Gasteiger partial charge in [0.2, 0.25) is 11.8 Å². The predicted octanol–water partition coefficient (Wildman–Crippen LogP) is 1.20. The second-order valence-electron chi connectivity index (χ2n) is 6.87. The number of amides is 2. The predicted molar refractivity (Wildman–Crippen MR) is 88.6 cm³/mol. The van der Waals surface area contributed by atoms with Crippen molar-refractivity contribution in [2.45, 2.75) is 25.4 Å². The largest absolute Gasteiger partial charge is 0.347 e. The van der Waals surface area contributed by atoms with Crippen LogP contribution in [0.3, 0.4) is 0 Å². The summed E-state index contributed by atoms with van der Waals surface area (Å²) in [5, 5.41) is 0. The summed E-state index contributed by atoms with van der Waals surface area (Å²) in [5.41, 5.74) is 1.24. The smallest absolute Gasteiger partial charge is 0.241 e. The Hall–Kier alpha value is -1.88. The third-order valence-corrected chi connectivity index (χ3v) is 4.95. The van der Waals surface area contributed by atoms with Crippen LogP contribution in [0.25, 0.3) is 0 Å². The lowest BCUT2D eigenvalue weighted by molar-refractivity contribution is -0.150. The highest BCUT2D eigenvalue weighted by Crippen LogP contribution is 2.31. The third-order valence-electron chi connectivity index (χ3n) is 4.95. The Labute approximate surface area is 137 Å². The van der Waals surface area contributed by atoms with Crippen LogP contribution >= 0.6 is 0 Å². The van der Waals surface area contributed by atoms with E-state index >= 15 is 0 Å². The van der Waals surface area contributed by atoms with E-state index in [2.05, 4.69) is 17.0 Å². The van der Waals surface area contributed by atoms with Crippen LogP contribution in [-0.2, 0) is 16.1 Å². The van der Waals surface area contributed by atoms with Crippen LogP contribution in [0.2, 0.25) is 0 Å². The van der Waals surface area contributed by atoms with Crippen LogP contribution in [0.4, 0.5) is 0 Å². The summed E-state index contributed by atoms with van der Waals surface area (Å²) in [5.74, 6) is 0.639. The Morgan fingerprint density at radius 3 is 2.70 bits per heavy atom.